The Bertz CT molecular complexity index is 1370. The van der Waals surface area contributed by atoms with Crippen LogP contribution in [0.1, 0.15) is 15.9 Å². The lowest BCUT2D eigenvalue weighted by atomic mass is 10.1. The van der Waals surface area contributed by atoms with Gasteiger partial charge in [0.15, 0.2) is 0 Å². The fraction of sp³-hybridized carbons (Fsp3) is 0.0417. The van der Waals surface area contributed by atoms with E-state index in [1.165, 1.54) is 6.07 Å². The maximum atomic E-state index is 13.3. The van der Waals surface area contributed by atoms with E-state index in [-0.39, 0.29) is 10.8 Å². The van der Waals surface area contributed by atoms with Crippen LogP contribution in [0.3, 0.4) is 0 Å². The van der Waals surface area contributed by atoms with Gasteiger partial charge >= 0.3 is 0 Å². The molecular formula is C24H19ClN2O3S. The van der Waals surface area contributed by atoms with Crippen molar-refractivity contribution in [2.45, 2.75) is 11.8 Å². The number of nitrogens with one attached hydrogen (secondary N) is 1. The van der Waals surface area contributed by atoms with Gasteiger partial charge in [0.25, 0.3) is 15.9 Å². The second-order valence-electron chi connectivity index (χ2n) is 6.98. The molecular weight excluding hydrogens is 432 g/mol. The first-order valence-corrected chi connectivity index (χ1v) is 11.3. The SMILES string of the molecule is Cc1ccccc1C(=O)Nc1cccc2c(S(=O)(=O)N(Cl)c3ccccc3)cccc12. The van der Waals surface area contributed by atoms with E-state index in [0.29, 0.717) is 27.7 Å². The summed E-state index contributed by atoms with van der Waals surface area (Å²) in [5.41, 5.74) is 2.26. The number of rotatable bonds is 5. The Morgan fingerprint density at radius 1 is 0.806 bits per heavy atom. The van der Waals surface area contributed by atoms with Gasteiger partial charge in [0.05, 0.1) is 10.6 Å². The molecule has 0 fully saturated rings. The molecule has 0 unspecified atom stereocenters. The van der Waals surface area contributed by atoms with Crippen LogP contribution in [0.15, 0.2) is 95.9 Å². The molecule has 7 heteroatoms. The minimum absolute atomic E-state index is 0.0517. The van der Waals surface area contributed by atoms with Gasteiger partial charge in [-0.3, -0.25) is 4.79 Å². The van der Waals surface area contributed by atoms with Crippen LogP contribution in [0.5, 0.6) is 0 Å². The summed E-state index contributed by atoms with van der Waals surface area (Å²) in [4.78, 5) is 12.8. The van der Waals surface area contributed by atoms with E-state index in [2.05, 4.69) is 5.32 Å². The Morgan fingerprint density at radius 2 is 1.45 bits per heavy atom. The van der Waals surface area contributed by atoms with Crippen LogP contribution < -0.4 is 9.14 Å². The van der Waals surface area contributed by atoms with Gasteiger partial charge in [0.2, 0.25) is 0 Å². The molecule has 0 atom stereocenters. The number of sulfonamides is 1. The molecule has 4 aromatic carbocycles. The van der Waals surface area contributed by atoms with Crippen molar-refractivity contribution in [3.8, 4) is 0 Å². The number of aryl methyl sites for hydroxylation is 1. The van der Waals surface area contributed by atoms with Gasteiger partial charge in [-0.1, -0.05) is 60.7 Å². The third-order valence-electron chi connectivity index (χ3n) is 4.97. The van der Waals surface area contributed by atoms with Crippen molar-refractivity contribution < 1.29 is 13.2 Å². The fourth-order valence-electron chi connectivity index (χ4n) is 3.40. The summed E-state index contributed by atoms with van der Waals surface area (Å²) in [6, 6.07) is 25.8. The number of anilines is 2. The van der Waals surface area contributed by atoms with Crippen molar-refractivity contribution in [2.75, 3.05) is 9.14 Å². The van der Waals surface area contributed by atoms with E-state index in [1.54, 1.807) is 72.8 Å². The van der Waals surface area contributed by atoms with Crippen LogP contribution >= 0.6 is 11.8 Å². The van der Waals surface area contributed by atoms with Gasteiger partial charge in [-0.15, -0.1) is 0 Å². The Labute approximate surface area is 186 Å². The largest absolute Gasteiger partial charge is 0.321 e. The molecule has 0 heterocycles. The third kappa shape index (κ3) is 4.00. The van der Waals surface area contributed by atoms with Crippen molar-refractivity contribution in [1.29, 1.82) is 0 Å². The minimum atomic E-state index is -4.04. The highest BCUT2D eigenvalue weighted by Crippen LogP contribution is 2.33. The zero-order chi connectivity index (χ0) is 22.0. The molecule has 0 radical (unpaired) electrons. The number of hydrogen-bond donors (Lipinski definition) is 1. The zero-order valence-corrected chi connectivity index (χ0v) is 18.2. The van der Waals surface area contributed by atoms with Gasteiger partial charge in [-0.25, -0.2) is 0 Å². The van der Waals surface area contributed by atoms with E-state index in [9.17, 15) is 13.2 Å². The maximum Gasteiger partial charge on any atom is 0.278 e. The lowest BCUT2D eigenvalue weighted by Crippen LogP contribution is -2.21. The summed E-state index contributed by atoms with van der Waals surface area (Å²) in [6.45, 7) is 1.86. The maximum absolute atomic E-state index is 13.3. The van der Waals surface area contributed by atoms with Crippen LogP contribution in [-0.4, -0.2) is 14.3 Å². The first-order chi connectivity index (χ1) is 14.9. The van der Waals surface area contributed by atoms with Crippen molar-refractivity contribution >= 4 is 49.9 Å². The summed E-state index contributed by atoms with van der Waals surface area (Å²) in [5.74, 6) is -0.262. The van der Waals surface area contributed by atoms with Gasteiger partial charge < -0.3 is 5.32 Å². The first-order valence-electron chi connectivity index (χ1n) is 9.54. The predicted octanol–water partition coefficient (Wildman–Crippen LogP) is 5.75. The third-order valence-corrected chi connectivity index (χ3v) is 7.25. The summed E-state index contributed by atoms with van der Waals surface area (Å²) >= 11 is 6.23. The molecule has 0 aliphatic rings. The minimum Gasteiger partial charge on any atom is -0.321 e. The number of fused-ring (bicyclic) bond motifs is 1. The van der Waals surface area contributed by atoms with E-state index in [0.717, 1.165) is 9.39 Å². The number of nitrogens with zero attached hydrogens (tertiary/aromatic N) is 1. The number of carbonyl (C=O) groups excluding carboxylic acids is 1. The molecule has 1 amide bonds. The summed E-state index contributed by atoms with van der Waals surface area (Å²) in [5, 5.41) is 3.97. The second-order valence-corrected chi connectivity index (χ2v) is 9.27. The first kappa shape index (κ1) is 20.9. The summed E-state index contributed by atoms with van der Waals surface area (Å²) in [7, 11) is -4.04. The molecule has 4 aromatic rings. The van der Waals surface area contributed by atoms with Crippen molar-refractivity contribution in [2.24, 2.45) is 0 Å². The molecule has 0 aromatic heterocycles. The quantitative estimate of drug-likeness (QED) is 0.394. The number of amides is 1. The van der Waals surface area contributed by atoms with E-state index in [4.69, 9.17) is 11.8 Å². The van der Waals surface area contributed by atoms with Crippen molar-refractivity contribution in [3.63, 3.8) is 0 Å². The monoisotopic (exact) mass is 450 g/mol. The number of hydrogen-bond acceptors (Lipinski definition) is 3. The number of halogens is 1. The Hall–Kier alpha value is -3.35. The average Bonchev–Trinajstić information content (AvgIpc) is 2.79. The molecule has 0 spiro atoms. The second kappa shape index (κ2) is 8.41. The highest BCUT2D eigenvalue weighted by Gasteiger charge is 2.26. The number of para-hydroxylation sites is 1. The summed E-state index contributed by atoms with van der Waals surface area (Å²) < 4.78 is 27.2. The van der Waals surface area contributed by atoms with E-state index in [1.807, 2.05) is 19.1 Å². The normalized spacial score (nSPS) is 11.3. The van der Waals surface area contributed by atoms with Gasteiger partial charge in [0.1, 0.15) is 0 Å². The van der Waals surface area contributed by atoms with E-state index >= 15 is 0 Å². The molecule has 0 aliphatic carbocycles. The predicted molar refractivity (Wildman–Crippen MR) is 125 cm³/mol. The fourth-order valence-corrected chi connectivity index (χ4v) is 5.02. The molecule has 31 heavy (non-hydrogen) atoms. The van der Waals surface area contributed by atoms with Crippen molar-refractivity contribution in [1.82, 2.24) is 0 Å². The van der Waals surface area contributed by atoms with Crippen LogP contribution in [0.4, 0.5) is 11.4 Å². The lowest BCUT2D eigenvalue weighted by Gasteiger charge is -2.18. The van der Waals surface area contributed by atoms with Crippen molar-refractivity contribution in [3.05, 3.63) is 102 Å². The molecule has 0 bridgehead atoms. The molecule has 0 aliphatic heterocycles. The van der Waals surface area contributed by atoms with Gasteiger partial charge in [-0.05, 0) is 42.8 Å². The standard InChI is InChI=1S/C24H19ClN2O3S/c1-17-9-5-6-12-19(17)24(28)26-22-15-7-14-21-20(22)13-8-16-23(21)31(29,30)27(25)18-10-3-2-4-11-18/h2-16H,1H3,(H,26,28). The molecule has 0 saturated heterocycles. The Kier molecular flexibility index (Phi) is 5.67. The zero-order valence-electron chi connectivity index (χ0n) is 16.6. The highest BCUT2D eigenvalue weighted by atomic mass is 35.5. The Morgan fingerprint density at radius 3 is 2.19 bits per heavy atom. The lowest BCUT2D eigenvalue weighted by molar-refractivity contribution is 0.102. The van der Waals surface area contributed by atoms with Crippen LogP contribution in [0.2, 0.25) is 0 Å². The molecule has 0 saturated carbocycles. The highest BCUT2D eigenvalue weighted by molar-refractivity contribution is 7.94. The Balaban J connectivity index is 1.77. The summed E-state index contributed by atoms with van der Waals surface area (Å²) in [6.07, 6.45) is 0. The van der Waals surface area contributed by atoms with E-state index < -0.39 is 10.0 Å². The van der Waals surface area contributed by atoms with Crippen LogP contribution in [0.25, 0.3) is 10.8 Å². The topological polar surface area (TPSA) is 66.5 Å². The number of benzene rings is 4. The van der Waals surface area contributed by atoms with Crippen LogP contribution in [-0.2, 0) is 10.0 Å². The molecule has 4 rings (SSSR count). The number of carbonyl (C=O) groups is 1. The molecule has 1 N–H and O–H groups in total. The van der Waals surface area contributed by atoms with Crippen LogP contribution in [0, 0.1) is 6.92 Å². The smallest absolute Gasteiger partial charge is 0.278 e. The van der Waals surface area contributed by atoms with Gasteiger partial charge in [-0.2, -0.15) is 12.2 Å². The molecule has 5 nitrogen and oxygen atoms in total. The molecule has 156 valence electrons. The average molecular weight is 451 g/mol. The van der Waals surface area contributed by atoms with Gasteiger partial charge in [0, 0.05) is 33.8 Å².